The Labute approximate surface area is 102 Å². The molecule has 92 valence electrons. The lowest BCUT2D eigenvalue weighted by atomic mass is 10.3. The average Bonchev–Trinajstić information content (AvgIpc) is 2.59. The van der Waals surface area contributed by atoms with Crippen LogP contribution >= 0.6 is 11.3 Å². The van der Waals surface area contributed by atoms with Crippen molar-refractivity contribution in [3.05, 3.63) is 11.1 Å². The number of rotatable bonds is 3. The van der Waals surface area contributed by atoms with Crippen molar-refractivity contribution in [3.63, 3.8) is 0 Å². The Hall–Kier alpha value is -1.63. The third-order valence-electron chi connectivity index (χ3n) is 2.40. The Balaban J connectivity index is 2.07. The minimum atomic E-state index is -0.893. The normalized spacial score (nSPS) is 16.5. The lowest BCUT2D eigenvalue weighted by molar-refractivity contribution is -0.136. The van der Waals surface area contributed by atoms with Gasteiger partial charge in [0, 0.05) is 18.5 Å². The second-order valence-electron chi connectivity index (χ2n) is 3.82. The maximum atomic E-state index is 11.4. The van der Waals surface area contributed by atoms with E-state index >= 15 is 0 Å². The monoisotopic (exact) mass is 255 g/mol. The smallest absolute Gasteiger partial charge is 0.309 e. The number of aromatic nitrogens is 1. The molecule has 6 nitrogen and oxygen atoms in total. The lowest BCUT2D eigenvalue weighted by Crippen LogP contribution is -2.32. The van der Waals surface area contributed by atoms with Crippen molar-refractivity contribution in [2.45, 2.75) is 12.8 Å². The van der Waals surface area contributed by atoms with Crippen LogP contribution in [0.1, 0.15) is 12.1 Å². The predicted octanol–water partition coefficient (Wildman–Crippen LogP) is 0.0965. The number of carboxylic acid groups (broad SMARTS) is 1. The summed E-state index contributed by atoms with van der Waals surface area (Å²) in [6, 6.07) is 0. The van der Waals surface area contributed by atoms with Gasteiger partial charge in [-0.2, -0.15) is 0 Å². The SMILES string of the molecule is O=C(O)Cc1csc(N2CCCNC(=O)C2)n1. The fraction of sp³-hybridized carbons (Fsp3) is 0.500. The molecule has 0 spiro atoms. The molecule has 0 saturated carbocycles. The van der Waals surface area contributed by atoms with Crippen LogP contribution in [-0.2, 0) is 16.0 Å². The maximum Gasteiger partial charge on any atom is 0.309 e. The zero-order valence-electron chi connectivity index (χ0n) is 9.18. The molecule has 0 aromatic carbocycles. The van der Waals surface area contributed by atoms with Crippen LogP contribution in [0.15, 0.2) is 5.38 Å². The van der Waals surface area contributed by atoms with Gasteiger partial charge in [-0.25, -0.2) is 4.98 Å². The van der Waals surface area contributed by atoms with Crippen molar-refractivity contribution >= 4 is 28.3 Å². The number of hydrogen-bond donors (Lipinski definition) is 2. The van der Waals surface area contributed by atoms with Crippen molar-refractivity contribution in [2.24, 2.45) is 0 Å². The Morgan fingerprint density at radius 3 is 3.24 bits per heavy atom. The highest BCUT2D eigenvalue weighted by Crippen LogP contribution is 2.21. The standard InChI is InChI=1S/C10H13N3O3S/c14-8-5-13(3-1-2-11-8)10-12-7(6-17-10)4-9(15)16/h6H,1-5H2,(H,11,14)(H,15,16). The molecule has 2 heterocycles. The number of anilines is 1. The van der Waals surface area contributed by atoms with Crippen LogP contribution in [0.3, 0.4) is 0 Å². The van der Waals surface area contributed by atoms with Gasteiger partial charge in [0.2, 0.25) is 5.91 Å². The van der Waals surface area contributed by atoms with E-state index in [9.17, 15) is 9.59 Å². The highest BCUT2D eigenvalue weighted by molar-refractivity contribution is 7.13. The number of aliphatic carboxylic acids is 1. The molecule has 7 heteroatoms. The fourth-order valence-electron chi connectivity index (χ4n) is 1.65. The largest absolute Gasteiger partial charge is 0.481 e. The number of thiazole rings is 1. The van der Waals surface area contributed by atoms with E-state index in [0.29, 0.717) is 18.8 Å². The first kappa shape index (κ1) is 11.8. The lowest BCUT2D eigenvalue weighted by Gasteiger charge is -2.16. The molecule has 0 radical (unpaired) electrons. The molecule has 1 aromatic rings. The third kappa shape index (κ3) is 3.16. The topological polar surface area (TPSA) is 82.5 Å². The van der Waals surface area contributed by atoms with E-state index < -0.39 is 5.97 Å². The van der Waals surface area contributed by atoms with Crippen LogP contribution in [0, 0.1) is 0 Å². The van der Waals surface area contributed by atoms with Crippen LogP contribution in [0.25, 0.3) is 0 Å². The third-order valence-corrected chi connectivity index (χ3v) is 3.35. The molecule has 1 aliphatic heterocycles. The number of carboxylic acids is 1. The minimum Gasteiger partial charge on any atom is -0.481 e. The first-order chi connectivity index (χ1) is 8.15. The summed E-state index contributed by atoms with van der Waals surface area (Å²) in [5.74, 6) is -0.909. The molecule has 2 rings (SSSR count). The molecule has 0 unspecified atom stereocenters. The van der Waals surface area contributed by atoms with E-state index in [4.69, 9.17) is 5.11 Å². The summed E-state index contributed by atoms with van der Waals surface area (Å²) in [7, 11) is 0. The molecule has 1 aliphatic rings. The zero-order chi connectivity index (χ0) is 12.3. The summed E-state index contributed by atoms with van der Waals surface area (Å²) < 4.78 is 0. The van der Waals surface area contributed by atoms with Gasteiger partial charge >= 0.3 is 5.97 Å². The molecule has 17 heavy (non-hydrogen) atoms. The Morgan fingerprint density at radius 1 is 1.65 bits per heavy atom. The molecule has 1 amide bonds. The number of nitrogens with one attached hydrogen (secondary N) is 1. The van der Waals surface area contributed by atoms with Crippen LogP contribution in [0.5, 0.6) is 0 Å². The van der Waals surface area contributed by atoms with Crippen molar-refractivity contribution in [1.29, 1.82) is 0 Å². The molecular formula is C10H13N3O3S. The van der Waals surface area contributed by atoms with Crippen LogP contribution < -0.4 is 10.2 Å². The number of carbonyl (C=O) groups is 2. The van der Waals surface area contributed by atoms with Gasteiger partial charge in [0.05, 0.1) is 18.7 Å². The summed E-state index contributed by atoms with van der Waals surface area (Å²) in [5.41, 5.74) is 0.544. The van der Waals surface area contributed by atoms with Crippen molar-refractivity contribution in [2.75, 3.05) is 24.5 Å². The second kappa shape index (κ2) is 5.13. The Bertz CT molecular complexity index is 432. The van der Waals surface area contributed by atoms with E-state index in [1.54, 1.807) is 5.38 Å². The zero-order valence-corrected chi connectivity index (χ0v) is 10.00. The first-order valence-corrected chi connectivity index (χ1v) is 6.21. The maximum absolute atomic E-state index is 11.4. The van der Waals surface area contributed by atoms with Gasteiger partial charge in [-0.3, -0.25) is 9.59 Å². The van der Waals surface area contributed by atoms with Gasteiger partial charge < -0.3 is 15.3 Å². The number of hydrogen-bond acceptors (Lipinski definition) is 5. The van der Waals surface area contributed by atoms with Crippen molar-refractivity contribution < 1.29 is 14.7 Å². The molecule has 0 bridgehead atoms. The summed E-state index contributed by atoms with van der Waals surface area (Å²) in [6.45, 7) is 1.74. The first-order valence-electron chi connectivity index (χ1n) is 5.33. The van der Waals surface area contributed by atoms with Gasteiger partial charge in [0.1, 0.15) is 0 Å². The van der Waals surface area contributed by atoms with Gasteiger partial charge in [-0.15, -0.1) is 11.3 Å². The van der Waals surface area contributed by atoms with E-state index in [0.717, 1.165) is 18.1 Å². The molecule has 1 saturated heterocycles. The van der Waals surface area contributed by atoms with Gasteiger partial charge in [-0.05, 0) is 6.42 Å². The van der Waals surface area contributed by atoms with E-state index in [2.05, 4.69) is 10.3 Å². The van der Waals surface area contributed by atoms with Crippen LogP contribution in [0.4, 0.5) is 5.13 Å². The average molecular weight is 255 g/mol. The molecule has 1 aromatic heterocycles. The summed E-state index contributed by atoms with van der Waals surface area (Å²) in [4.78, 5) is 28.1. The number of nitrogens with zero attached hydrogens (tertiary/aromatic N) is 2. The van der Waals surface area contributed by atoms with Crippen molar-refractivity contribution in [3.8, 4) is 0 Å². The molecule has 0 atom stereocenters. The van der Waals surface area contributed by atoms with E-state index in [1.807, 2.05) is 4.90 Å². The van der Waals surface area contributed by atoms with E-state index in [-0.39, 0.29) is 12.3 Å². The second-order valence-corrected chi connectivity index (χ2v) is 4.65. The van der Waals surface area contributed by atoms with Gasteiger partial charge in [0.15, 0.2) is 5.13 Å². The van der Waals surface area contributed by atoms with E-state index in [1.165, 1.54) is 11.3 Å². The molecular weight excluding hydrogens is 242 g/mol. The highest BCUT2D eigenvalue weighted by Gasteiger charge is 2.18. The Kier molecular flexibility index (Phi) is 3.58. The van der Waals surface area contributed by atoms with Gasteiger partial charge in [-0.1, -0.05) is 0 Å². The highest BCUT2D eigenvalue weighted by atomic mass is 32.1. The predicted molar refractivity (Wildman–Crippen MR) is 63.3 cm³/mol. The van der Waals surface area contributed by atoms with Crippen molar-refractivity contribution in [1.82, 2.24) is 10.3 Å². The summed E-state index contributed by atoms with van der Waals surface area (Å²) in [6.07, 6.45) is 0.802. The quantitative estimate of drug-likeness (QED) is 0.800. The van der Waals surface area contributed by atoms with Crippen LogP contribution in [0.2, 0.25) is 0 Å². The molecule has 1 fully saturated rings. The summed E-state index contributed by atoms with van der Waals surface area (Å²) in [5, 5.41) is 13.9. The fourth-order valence-corrected chi connectivity index (χ4v) is 2.50. The summed E-state index contributed by atoms with van der Waals surface area (Å²) >= 11 is 1.38. The molecule has 2 N–H and O–H groups in total. The minimum absolute atomic E-state index is 0.0162. The van der Waals surface area contributed by atoms with Crippen LogP contribution in [-0.4, -0.2) is 41.6 Å². The van der Waals surface area contributed by atoms with Gasteiger partial charge in [0.25, 0.3) is 0 Å². The molecule has 0 aliphatic carbocycles. The number of amides is 1. The Morgan fingerprint density at radius 2 is 2.47 bits per heavy atom. The number of carbonyl (C=O) groups excluding carboxylic acids is 1.